The number of nitro groups is 1. The summed E-state index contributed by atoms with van der Waals surface area (Å²) in [6, 6.07) is -0.551. The van der Waals surface area contributed by atoms with Crippen LogP contribution >= 0.6 is 34.9 Å². The molecule has 2 N–H and O–H groups in total. The zero-order chi connectivity index (χ0) is 24.7. The molecular weight excluding hydrogens is 506 g/mol. The quantitative estimate of drug-likeness (QED) is 0.220. The van der Waals surface area contributed by atoms with E-state index in [1.807, 2.05) is 6.92 Å². The van der Waals surface area contributed by atoms with E-state index in [4.69, 9.17) is 0 Å². The maximum atomic E-state index is 12.9. The van der Waals surface area contributed by atoms with Crippen LogP contribution in [0.5, 0.6) is 0 Å². The molecule has 3 atom stereocenters. The number of fused-ring (bicyclic) bond motifs is 1. The summed E-state index contributed by atoms with van der Waals surface area (Å²) in [4.78, 5) is 49.1. The summed E-state index contributed by atoms with van der Waals surface area (Å²) >= 11 is 4.13. The van der Waals surface area contributed by atoms with Crippen LogP contribution in [0, 0.1) is 24.0 Å². The van der Waals surface area contributed by atoms with Crippen molar-refractivity contribution in [3.63, 3.8) is 0 Å². The molecule has 2 aliphatic rings. The highest BCUT2D eigenvalue weighted by Crippen LogP contribution is 2.42. The summed E-state index contributed by atoms with van der Waals surface area (Å²) in [5.41, 5.74) is 0.948. The van der Waals surface area contributed by atoms with Gasteiger partial charge >= 0.3 is 11.8 Å². The van der Waals surface area contributed by atoms with E-state index in [-0.39, 0.29) is 11.5 Å². The molecule has 0 aliphatic carbocycles. The standard InChI is InChI=1S/C18H19N7O6S3/c1-7-4-11(25(30)31)22-24(7)8(2)14(26)19-12-15(27)23-13(17(28)29)10(5-32-16(12)23)6-33-18-21-20-9(3)34-18/h4,8,12,16H,5-6H2,1-3H3,(H,19,26)(H,28,29)/t8-,12-,16+/m0/s1. The summed E-state index contributed by atoms with van der Waals surface area (Å²) in [7, 11) is 0. The van der Waals surface area contributed by atoms with Crippen LogP contribution in [0.4, 0.5) is 5.82 Å². The van der Waals surface area contributed by atoms with Crippen LogP contribution in [-0.2, 0) is 14.4 Å². The fourth-order valence-corrected chi connectivity index (χ4v) is 6.92. The molecule has 0 bridgehead atoms. The van der Waals surface area contributed by atoms with Crippen LogP contribution in [0.15, 0.2) is 21.7 Å². The van der Waals surface area contributed by atoms with Crippen molar-refractivity contribution in [3.05, 3.63) is 38.2 Å². The van der Waals surface area contributed by atoms with Gasteiger partial charge < -0.3 is 20.5 Å². The Hall–Kier alpha value is -2.98. The fourth-order valence-electron chi connectivity index (χ4n) is 3.62. The van der Waals surface area contributed by atoms with Gasteiger partial charge in [0.1, 0.15) is 28.2 Å². The molecule has 1 saturated heterocycles. The van der Waals surface area contributed by atoms with Crippen molar-refractivity contribution in [3.8, 4) is 0 Å². The Labute approximate surface area is 205 Å². The molecule has 0 unspecified atom stereocenters. The fraction of sp³-hybridized carbons (Fsp3) is 0.444. The molecule has 2 amide bonds. The number of rotatable bonds is 8. The summed E-state index contributed by atoms with van der Waals surface area (Å²) < 4.78 is 1.93. The summed E-state index contributed by atoms with van der Waals surface area (Å²) in [5, 5.41) is 35.4. The van der Waals surface area contributed by atoms with Gasteiger partial charge in [-0.2, -0.15) is 4.68 Å². The maximum absolute atomic E-state index is 12.9. The molecule has 0 aromatic carbocycles. The molecular formula is C18H19N7O6S3. The van der Waals surface area contributed by atoms with Gasteiger partial charge in [-0.25, -0.2) is 4.79 Å². The number of β-lactam (4-membered cyclic amide) rings is 1. The minimum atomic E-state index is -1.21. The van der Waals surface area contributed by atoms with Crippen molar-refractivity contribution in [2.45, 2.75) is 42.6 Å². The number of amides is 2. The lowest BCUT2D eigenvalue weighted by molar-refractivity contribution is -0.389. The van der Waals surface area contributed by atoms with Gasteiger partial charge in [-0.3, -0.25) is 14.5 Å². The molecule has 4 rings (SSSR count). The highest BCUT2D eigenvalue weighted by molar-refractivity contribution is 8.01. The Morgan fingerprint density at radius 2 is 2.15 bits per heavy atom. The normalized spacial score (nSPS) is 20.6. The van der Waals surface area contributed by atoms with Gasteiger partial charge in [-0.15, -0.1) is 22.0 Å². The zero-order valence-corrected chi connectivity index (χ0v) is 20.6. The number of hydrogen-bond acceptors (Lipinski definition) is 11. The molecule has 13 nitrogen and oxygen atoms in total. The van der Waals surface area contributed by atoms with Crippen molar-refractivity contribution < 1.29 is 24.4 Å². The van der Waals surface area contributed by atoms with E-state index in [1.165, 1.54) is 57.4 Å². The van der Waals surface area contributed by atoms with E-state index >= 15 is 0 Å². The second kappa shape index (κ2) is 9.34. The van der Waals surface area contributed by atoms with E-state index in [0.717, 1.165) is 5.01 Å². The summed E-state index contributed by atoms with van der Waals surface area (Å²) in [6.07, 6.45) is 0. The second-order valence-electron chi connectivity index (χ2n) is 7.55. The predicted molar refractivity (Wildman–Crippen MR) is 123 cm³/mol. The Bertz CT molecular complexity index is 1220. The average molecular weight is 526 g/mol. The molecule has 4 heterocycles. The van der Waals surface area contributed by atoms with Crippen molar-refractivity contribution in [1.29, 1.82) is 0 Å². The Morgan fingerprint density at radius 3 is 2.74 bits per heavy atom. The number of nitrogens with zero attached hydrogens (tertiary/aromatic N) is 6. The highest BCUT2D eigenvalue weighted by Gasteiger charge is 2.54. The minimum Gasteiger partial charge on any atom is -0.477 e. The van der Waals surface area contributed by atoms with Gasteiger partial charge in [0.25, 0.3) is 5.91 Å². The number of carboxylic acid groups (broad SMARTS) is 1. The molecule has 0 spiro atoms. The monoisotopic (exact) mass is 525 g/mol. The van der Waals surface area contributed by atoms with Crippen LogP contribution in [0.3, 0.4) is 0 Å². The molecule has 2 aromatic heterocycles. The average Bonchev–Trinajstić information content (AvgIpc) is 3.39. The summed E-state index contributed by atoms with van der Waals surface area (Å²) in [5.74, 6) is -1.92. The zero-order valence-electron chi connectivity index (χ0n) is 18.1. The first-order valence-corrected chi connectivity index (χ1v) is 12.8. The third-order valence-electron chi connectivity index (χ3n) is 5.27. The van der Waals surface area contributed by atoms with Crippen LogP contribution in [0.1, 0.15) is 23.7 Å². The van der Waals surface area contributed by atoms with Crippen molar-refractivity contribution in [2.24, 2.45) is 0 Å². The molecule has 1 fully saturated rings. The Kier molecular flexibility index (Phi) is 6.64. The number of carbonyl (C=O) groups is 3. The van der Waals surface area contributed by atoms with E-state index in [1.54, 1.807) is 6.92 Å². The predicted octanol–water partition coefficient (Wildman–Crippen LogP) is 1.35. The first-order chi connectivity index (χ1) is 16.1. The molecule has 180 valence electrons. The largest absolute Gasteiger partial charge is 0.477 e. The van der Waals surface area contributed by atoms with Gasteiger partial charge in [0.05, 0.1) is 16.9 Å². The van der Waals surface area contributed by atoms with Crippen LogP contribution in [0.25, 0.3) is 0 Å². The SMILES string of the molecule is Cc1nnc(SCC2=C(C(=O)O)N3C(=O)[C@H](NC(=O)[C@H](C)n4nc([N+](=O)[O-])cc4C)[C@H]3SC2)s1. The number of carbonyl (C=O) groups excluding carboxylic acids is 2. The lowest BCUT2D eigenvalue weighted by Gasteiger charge is -2.49. The number of nitrogens with one attached hydrogen (secondary N) is 1. The van der Waals surface area contributed by atoms with Crippen LogP contribution in [0.2, 0.25) is 0 Å². The second-order valence-corrected chi connectivity index (χ2v) is 11.1. The molecule has 2 aromatic rings. The highest BCUT2D eigenvalue weighted by atomic mass is 32.2. The molecule has 34 heavy (non-hydrogen) atoms. The number of hydrogen-bond donors (Lipinski definition) is 2. The van der Waals surface area contributed by atoms with Crippen molar-refractivity contribution in [2.75, 3.05) is 11.5 Å². The number of carboxylic acids is 1. The van der Waals surface area contributed by atoms with Gasteiger partial charge in [0, 0.05) is 11.5 Å². The summed E-state index contributed by atoms with van der Waals surface area (Å²) in [6.45, 7) is 4.93. The van der Waals surface area contributed by atoms with Gasteiger partial charge in [0.15, 0.2) is 4.34 Å². The van der Waals surface area contributed by atoms with Crippen molar-refractivity contribution in [1.82, 2.24) is 30.2 Å². The topological polar surface area (TPSA) is 173 Å². The third-order valence-corrected chi connectivity index (χ3v) is 8.67. The lowest BCUT2D eigenvalue weighted by Crippen LogP contribution is -2.71. The number of aryl methyl sites for hydroxylation is 2. The number of thioether (sulfide) groups is 2. The van der Waals surface area contributed by atoms with E-state index in [0.29, 0.717) is 27.1 Å². The molecule has 0 radical (unpaired) electrons. The van der Waals surface area contributed by atoms with Crippen LogP contribution < -0.4 is 5.32 Å². The van der Waals surface area contributed by atoms with Gasteiger partial charge in [-0.05, 0) is 31.3 Å². The number of aliphatic carboxylic acids is 1. The molecule has 2 aliphatic heterocycles. The lowest BCUT2D eigenvalue weighted by atomic mass is 10.0. The van der Waals surface area contributed by atoms with E-state index in [2.05, 4.69) is 20.6 Å². The minimum absolute atomic E-state index is 0.0698. The first-order valence-electron chi connectivity index (χ1n) is 9.92. The van der Waals surface area contributed by atoms with E-state index in [9.17, 15) is 29.6 Å². The maximum Gasteiger partial charge on any atom is 0.390 e. The molecule has 16 heteroatoms. The first kappa shape index (κ1) is 24.2. The Balaban J connectivity index is 1.46. The third kappa shape index (κ3) is 4.39. The molecule has 0 saturated carbocycles. The van der Waals surface area contributed by atoms with Gasteiger partial charge in [-0.1, -0.05) is 23.1 Å². The van der Waals surface area contributed by atoms with E-state index < -0.39 is 40.2 Å². The smallest absolute Gasteiger partial charge is 0.390 e. The number of aromatic nitrogens is 4. The van der Waals surface area contributed by atoms with Crippen molar-refractivity contribution >= 4 is 58.5 Å². The Morgan fingerprint density at radius 1 is 1.41 bits per heavy atom. The van der Waals surface area contributed by atoms with Crippen LogP contribution in [-0.4, -0.2) is 75.6 Å². The van der Waals surface area contributed by atoms with Gasteiger partial charge in [0.2, 0.25) is 5.91 Å².